The molecule has 0 fully saturated rings. The van der Waals surface area contributed by atoms with Gasteiger partial charge in [-0.2, -0.15) is 4.98 Å². The summed E-state index contributed by atoms with van der Waals surface area (Å²) in [6, 6.07) is 3.69. The Kier molecular flexibility index (Phi) is 4.01. The van der Waals surface area contributed by atoms with Gasteiger partial charge >= 0.3 is 0 Å². The van der Waals surface area contributed by atoms with Gasteiger partial charge in [0.15, 0.2) is 17.3 Å². The molecule has 1 atom stereocenters. The van der Waals surface area contributed by atoms with E-state index < -0.39 is 0 Å². The van der Waals surface area contributed by atoms with Crippen molar-refractivity contribution >= 4 is 11.6 Å². The average Bonchev–Trinajstić information content (AvgIpc) is 3.26. The second-order valence-electron chi connectivity index (χ2n) is 6.11. The maximum Gasteiger partial charge on any atom is 0.258 e. The Labute approximate surface area is 143 Å². The lowest BCUT2D eigenvalue weighted by atomic mass is 9.94. The number of aromatic nitrogens is 5. The van der Waals surface area contributed by atoms with Crippen molar-refractivity contribution in [2.45, 2.75) is 32.7 Å². The van der Waals surface area contributed by atoms with Crippen molar-refractivity contribution in [3.05, 3.63) is 42.1 Å². The van der Waals surface area contributed by atoms with Crippen molar-refractivity contribution in [3.63, 3.8) is 0 Å². The normalized spacial score (nSPS) is 17.1. The summed E-state index contributed by atoms with van der Waals surface area (Å²) in [5, 5.41) is 15.1. The molecular formula is C17H18N6O2. The zero-order valence-corrected chi connectivity index (χ0v) is 13.8. The first-order valence-corrected chi connectivity index (χ1v) is 8.28. The molecule has 1 N–H and O–H groups in total. The Morgan fingerprint density at radius 2 is 2.32 bits per heavy atom. The van der Waals surface area contributed by atoms with Crippen LogP contribution in [0.1, 0.15) is 30.9 Å². The lowest BCUT2D eigenvalue weighted by Gasteiger charge is -2.16. The zero-order valence-electron chi connectivity index (χ0n) is 13.8. The number of nitrogens with zero attached hydrogens (tertiary/aromatic N) is 5. The van der Waals surface area contributed by atoms with Gasteiger partial charge in [-0.05, 0) is 38.3 Å². The Morgan fingerprint density at radius 3 is 3.08 bits per heavy atom. The number of allylic oxidation sites excluding steroid dienone is 2. The molecule has 0 unspecified atom stereocenters. The SMILES string of the molecule is Cc1noc(-c2ccn3c(CNC(=O)[C@H]4CC=CCC4)nnc3c2)n1. The number of rotatable bonds is 4. The number of pyridine rings is 1. The number of carbonyl (C=O) groups is 1. The molecule has 4 rings (SSSR count). The number of carbonyl (C=O) groups excluding carboxylic acids is 1. The molecule has 0 aromatic carbocycles. The van der Waals surface area contributed by atoms with Gasteiger partial charge in [0.25, 0.3) is 5.89 Å². The minimum Gasteiger partial charge on any atom is -0.349 e. The Balaban J connectivity index is 1.49. The van der Waals surface area contributed by atoms with Gasteiger partial charge in [-0.3, -0.25) is 9.20 Å². The van der Waals surface area contributed by atoms with Crippen LogP contribution in [0, 0.1) is 12.8 Å². The zero-order chi connectivity index (χ0) is 17.2. The summed E-state index contributed by atoms with van der Waals surface area (Å²) in [6.07, 6.45) is 8.70. The molecule has 1 aliphatic rings. The molecule has 8 nitrogen and oxygen atoms in total. The third-order valence-corrected chi connectivity index (χ3v) is 4.32. The van der Waals surface area contributed by atoms with Crippen molar-refractivity contribution in [2.24, 2.45) is 5.92 Å². The maximum absolute atomic E-state index is 12.2. The van der Waals surface area contributed by atoms with Crippen molar-refractivity contribution in [3.8, 4) is 11.5 Å². The molecule has 0 radical (unpaired) electrons. The van der Waals surface area contributed by atoms with Crippen LogP contribution in [0.4, 0.5) is 0 Å². The van der Waals surface area contributed by atoms with E-state index in [2.05, 4.69) is 37.8 Å². The fourth-order valence-electron chi connectivity index (χ4n) is 2.95. The lowest BCUT2D eigenvalue weighted by Crippen LogP contribution is -2.31. The predicted molar refractivity (Wildman–Crippen MR) is 89.3 cm³/mol. The van der Waals surface area contributed by atoms with Gasteiger partial charge in [0.05, 0.1) is 6.54 Å². The van der Waals surface area contributed by atoms with E-state index in [0.29, 0.717) is 29.7 Å². The molecule has 8 heteroatoms. The molecule has 0 saturated heterocycles. The van der Waals surface area contributed by atoms with E-state index >= 15 is 0 Å². The molecule has 128 valence electrons. The van der Waals surface area contributed by atoms with E-state index in [-0.39, 0.29) is 11.8 Å². The highest BCUT2D eigenvalue weighted by molar-refractivity contribution is 5.78. The first-order valence-electron chi connectivity index (χ1n) is 8.28. The molecule has 1 aliphatic carbocycles. The molecule has 3 aromatic heterocycles. The monoisotopic (exact) mass is 338 g/mol. The van der Waals surface area contributed by atoms with Crippen LogP contribution in [0.25, 0.3) is 17.1 Å². The molecule has 0 bridgehead atoms. The van der Waals surface area contributed by atoms with Crippen LogP contribution in [0.2, 0.25) is 0 Å². The maximum atomic E-state index is 12.2. The summed E-state index contributed by atoms with van der Waals surface area (Å²) in [7, 11) is 0. The van der Waals surface area contributed by atoms with Crippen LogP contribution in [-0.4, -0.2) is 30.6 Å². The molecule has 0 spiro atoms. The van der Waals surface area contributed by atoms with E-state index in [1.807, 2.05) is 22.7 Å². The van der Waals surface area contributed by atoms with Gasteiger partial charge in [0.2, 0.25) is 5.91 Å². The fraction of sp³-hybridized carbons (Fsp3) is 0.353. The van der Waals surface area contributed by atoms with Crippen LogP contribution in [0.3, 0.4) is 0 Å². The smallest absolute Gasteiger partial charge is 0.258 e. The number of hydrogen-bond acceptors (Lipinski definition) is 6. The predicted octanol–water partition coefficient (Wildman–Crippen LogP) is 2.06. The van der Waals surface area contributed by atoms with Crippen molar-refractivity contribution in [1.82, 2.24) is 30.1 Å². The molecule has 1 amide bonds. The van der Waals surface area contributed by atoms with Crippen molar-refractivity contribution in [1.29, 1.82) is 0 Å². The van der Waals surface area contributed by atoms with Gasteiger partial charge in [-0.1, -0.05) is 17.3 Å². The lowest BCUT2D eigenvalue weighted by molar-refractivity contribution is -0.125. The van der Waals surface area contributed by atoms with E-state index in [9.17, 15) is 4.79 Å². The van der Waals surface area contributed by atoms with E-state index in [1.165, 1.54) is 0 Å². The molecule has 3 heterocycles. The highest BCUT2D eigenvalue weighted by Crippen LogP contribution is 2.20. The molecule has 0 saturated carbocycles. The van der Waals surface area contributed by atoms with Crippen LogP contribution in [0.15, 0.2) is 35.0 Å². The van der Waals surface area contributed by atoms with Crippen LogP contribution in [0.5, 0.6) is 0 Å². The molecule has 3 aromatic rings. The molecule has 25 heavy (non-hydrogen) atoms. The second kappa shape index (κ2) is 6.46. The first-order chi connectivity index (χ1) is 12.2. The van der Waals surface area contributed by atoms with Gasteiger partial charge in [-0.15, -0.1) is 10.2 Å². The average molecular weight is 338 g/mol. The van der Waals surface area contributed by atoms with E-state index in [4.69, 9.17) is 4.52 Å². The first kappa shape index (κ1) is 15.5. The highest BCUT2D eigenvalue weighted by atomic mass is 16.5. The minimum atomic E-state index is 0.0524. The Bertz CT molecular complexity index is 942. The largest absolute Gasteiger partial charge is 0.349 e. The number of aryl methyl sites for hydroxylation is 1. The summed E-state index contributed by atoms with van der Waals surface area (Å²) < 4.78 is 7.01. The van der Waals surface area contributed by atoms with Gasteiger partial charge < -0.3 is 9.84 Å². The summed E-state index contributed by atoms with van der Waals surface area (Å²) in [5.41, 5.74) is 1.45. The summed E-state index contributed by atoms with van der Waals surface area (Å²) >= 11 is 0. The van der Waals surface area contributed by atoms with Gasteiger partial charge in [-0.25, -0.2) is 0 Å². The molecule has 0 aliphatic heterocycles. The standard InChI is InChI=1S/C17H18N6O2/c1-11-19-17(25-22-11)13-7-8-23-14(9-13)20-21-15(23)10-18-16(24)12-5-3-2-4-6-12/h2-3,7-9,12H,4-6,10H2,1H3,(H,18,24)/t12-/m0/s1. The number of nitrogens with one attached hydrogen (secondary N) is 1. The van der Waals surface area contributed by atoms with Gasteiger partial charge in [0, 0.05) is 17.7 Å². The second-order valence-corrected chi connectivity index (χ2v) is 6.11. The molecular weight excluding hydrogens is 320 g/mol. The highest BCUT2D eigenvalue weighted by Gasteiger charge is 2.19. The topological polar surface area (TPSA) is 98.2 Å². The van der Waals surface area contributed by atoms with E-state index in [0.717, 1.165) is 24.8 Å². The van der Waals surface area contributed by atoms with Crippen LogP contribution >= 0.6 is 0 Å². The Hall–Kier alpha value is -3.03. The number of amides is 1. The van der Waals surface area contributed by atoms with E-state index in [1.54, 1.807) is 6.92 Å². The summed E-state index contributed by atoms with van der Waals surface area (Å²) in [4.78, 5) is 16.4. The Morgan fingerprint density at radius 1 is 1.40 bits per heavy atom. The van der Waals surface area contributed by atoms with Crippen molar-refractivity contribution in [2.75, 3.05) is 0 Å². The van der Waals surface area contributed by atoms with Crippen LogP contribution in [-0.2, 0) is 11.3 Å². The fourth-order valence-corrected chi connectivity index (χ4v) is 2.95. The number of hydrogen-bond donors (Lipinski definition) is 1. The number of fused-ring (bicyclic) bond motifs is 1. The summed E-state index contributed by atoms with van der Waals surface area (Å²) in [5.74, 6) is 1.83. The van der Waals surface area contributed by atoms with Crippen molar-refractivity contribution < 1.29 is 9.32 Å². The third-order valence-electron chi connectivity index (χ3n) is 4.32. The minimum absolute atomic E-state index is 0.0524. The van der Waals surface area contributed by atoms with Crippen LogP contribution < -0.4 is 5.32 Å². The van der Waals surface area contributed by atoms with Gasteiger partial charge in [0.1, 0.15) is 0 Å². The third kappa shape index (κ3) is 3.15. The summed E-state index contributed by atoms with van der Waals surface area (Å²) in [6.45, 7) is 2.12. The quantitative estimate of drug-likeness (QED) is 0.731.